The first-order valence-corrected chi connectivity index (χ1v) is 8.15. The van der Waals surface area contributed by atoms with E-state index in [1.807, 2.05) is 30.8 Å². The zero-order valence-electron chi connectivity index (χ0n) is 11.7. The molecule has 1 aliphatic heterocycles. The van der Waals surface area contributed by atoms with Gasteiger partial charge in [-0.25, -0.2) is 0 Å². The zero-order valence-corrected chi connectivity index (χ0v) is 12.5. The molecule has 1 aliphatic rings. The van der Waals surface area contributed by atoms with Gasteiger partial charge in [-0.1, -0.05) is 6.42 Å². The lowest BCUT2D eigenvalue weighted by Crippen LogP contribution is -2.31. The van der Waals surface area contributed by atoms with Gasteiger partial charge in [0.2, 0.25) is 0 Å². The van der Waals surface area contributed by atoms with Gasteiger partial charge in [0.25, 0.3) is 0 Å². The van der Waals surface area contributed by atoms with Gasteiger partial charge >= 0.3 is 0 Å². The average molecular weight is 280 g/mol. The van der Waals surface area contributed by atoms with Crippen LogP contribution in [0.4, 0.5) is 5.69 Å². The highest BCUT2D eigenvalue weighted by atomic mass is 32.2. The van der Waals surface area contributed by atoms with Gasteiger partial charge in [0.1, 0.15) is 5.75 Å². The molecule has 1 aromatic carbocycles. The van der Waals surface area contributed by atoms with Gasteiger partial charge in [0.15, 0.2) is 0 Å². The molecule has 0 aromatic heterocycles. The summed E-state index contributed by atoms with van der Waals surface area (Å²) in [5, 5.41) is 0. The van der Waals surface area contributed by atoms with Gasteiger partial charge in [-0.15, -0.1) is 11.8 Å². The van der Waals surface area contributed by atoms with Crippen LogP contribution in [0.25, 0.3) is 0 Å². The van der Waals surface area contributed by atoms with Crippen molar-refractivity contribution in [2.75, 3.05) is 37.7 Å². The lowest BCUT2D eigenvalue weighted by Gasteiger charge is -2.26. The van der Waals surface area contributed by atoms with E-state index in [0.29, 0.717) is 6.61 Å². The number of nitrogen functional groups attached to an aromatic ring is 1. The van der Waals surface area contributed by atoms with Crippen molar-refractivity contribution in [3.63, 3.8) is 0 Å². The van der Waals surface area contributed by atoms with Crippen LogP contribution in [-0.4, -0.2) is 36.9 Å². The number of ether oxygens (including phenoxy) is 1. The normalized spacial score (nSPS) is 16.5. The number of nitrogens with two attached hydrogens (primary N) is 1. The molecule has 0 aliphatic carbocycles. The Hall–Kier alpha value is -0.870. The van der Waals surface area contributed by atoms with Gasteiger partial charge < -0.3 is 15.4 Å². The molecule has 1 fully saturated rings. The fraction of sp³-hybridized carbons (Fsp3) is 0.600. The van der Waals surface area contributed by atoms with Crippen molar-refractivity contribution in [1.29, 1.82) is 0 Å². The highest BCUT2D eigenvalue weighted by Crippen LogP contribution is 2.29. The third-order valence-electron chi connectivity index (χ3n) is 3.41. The summed E-state index contributed by atoms with van der Waals surface area (Å²) in [6.07, 6.45) is 4.10. The minimum Gasteiger partial charge on any atom is -0.494 e. The van der Waals surface area contributed by atoms with E-state index in [0.717, 1.165) is 28.6 Å². The third kappa shape index (κ3) is 4.62. The summed E-state index contributed by atoms with van der Waals surface area (Å²) in [7, 11) is 0. The molecule has 0 atom stereocenters. The summed E-state index contributed by atoms with van der Waals surface area (Å²) in [5.41, 5.74) is 6.87. The standard InChI is InChI=1S/C15H24N2OS/c1-2-18-13-6-7-14(16)15(12-13)19-11-10-17-8-4-3-5-9-17/h6-7,12H,2-5,8-11,16H2,1H3. The number of anilines is 1. The predicted molar refractivity (Wildman–Crippen MR) is 83.0 cm³/mol. The van der Waals surface area contributed by atoms with Crippen molar-refractivity contribution in [2.24, 2.45) is 0 Å². The molecule has 2 N–H and O–H groups in total. The molecule has 0 amide bonds. The van der Waals surface area contributed by atoms with Crippen LogP contribution in [-0.2, 0) is 0 Å². The number of nitrogens with zero attached hydrogens (tertiary/aromatic N) is 1. The Balaban J connectivity index is 1.82. The first-order valence-electron chi connectivity index (χ1n) is 7.17. The van der Waals surface area contributed by atoms with Gasteiger partial charge in [-0.05, 0) is 51.1 Å². The topological polar surface area (TPSA) is 38.5 Å². The molecule has 0 spiro atoms. The quantitative estimate of drug-likeness (QED) is 0.641. The Morgan fingerprint density at radius 3 is 2.79 bits per heavy atom. The van der Waals surface area contributed by atoms with E-state index in [-0.39, 0.29) is 0 Å². The first-order chi connectivity index (χ1) is 9.29. The van der Waals surface area contributed by atoms with E-state index in [2.05, 4.69) is 11.0 Å². The Morgan fingerprint density at radius 2 is 2.05 bits per heavy atom. The number of rotatable bonds is 6. The second-order valence-electron chi connectivity index (χ2n) is 4.88. The Kier molecular flexibility index (Phi) is 5.86. The van der Waals surface area contributed by atoms with E-state index < -0.39 is 0 Å². The third-order valence-corrected chi connectivity index (χ3v) is 4.46. The van der Waals surface area contributed by atoms with Crippen molar-refractivity contribution in [1.82, 2.24) is 4.90 Å². The molecule has 3 nitrogen and oxygen atoms in total. The van der Waals surface area contributed by atoms with Crippen LogP contribution in [0.1, 0.15) is 26.2 Å². The second kappa shape index (κ2) is 7.65. The maximum Gasteiger partial charge on any atom is 0.120 e. The highest BCUT2D eigenvalue weighted by molar-refractivity contribution is 7.99. The fourth-order valence-corrected chi connectivity index (χ4v) is 3.37. The second-order valence-corrected chi connectivity index (χ2v) is 6.02. The average Bonchev–Trinajstić information content (AvgIpc) is 2.44. The highest BCUT2D eigenvalue weighted by Gasteiger charge is 2.10. The maximum atomic E-state index is 6.01. The molecular weight excluding hydrogens is 256 g/mol. The summed E-state index contributed by atoms with van der Waals surface area (Å²) in [4.78, 5) is 3.70. The van der Waals surface area contributed by atoms with Crippen LogP contribution < -0.4 is 10.5 Å². The number of likely N-dealkylation sites (tertiary alicyclic amines) is 1. The molecule has 0 saturated carbocycles. The Bertz CT molecular complexity index is 392. The lowest BCUT2D eigenvalue weighted by atomic mass is 10.1. The summed E-state index contributed by atoms with van der Waals surface area (Å²) >= 11 is 1.83. The van der Waals surface area contributed by atoms with E-state index in [9.17, 15) is 0 Å². The number of thioether (sulfide) groups is 1. The molecule has 106 valence electrons. The Morgan fingerprint density at radius 1 is 1.26 bits per heavy atom. The van der Waals surface area contributed by atoms with E-state index in [1.54, 1.807) is 0 Å². The molecule has 1 saturated heterocycles. The number of hydrogen-bond donors (Lipinski definition) is 1. The van der Waals surface area contributed by atoms with Crippen LogP contribution in [0.5, 0.6) is 5.75 Å². The summed E-state index contributed by atoms with van der Waals surface area (Å²) in [5.74, 6) is 2.01. The molecule has 2 rings (SSSR count). The minimum atomic E-state index is 0.696. The number of benzene rings is 1. The van der Waals surface area contributed by atoms with E-state index >= 15 is 0 Å². The maximum absolute atomic E-state index is 6.01. The summed E-state index contributed by atoms with van der Waals surface area (Å²) in [6.45, 7) is 6.37. The predicted octanol–water partition coefficient (Wildman–Crippen LogP) is 3.25. The van der Waals surface area contributed by atoms with Crippen molar-refractivity contribution in [2.45, 2.75) is 31.1 Å². The van der Waals surface area contributed by atoms with Crippen LogP contribution in [0.3, 0.4) is 0 Å². The monoisotopic (exact) mass is 280 g/mol. The van der Waals surface area contributed by atoms with Gasteiger partial charge in [-0.2, -0.15) is 0 Å². The molecule has 0 radical (unpaired) electrons. The Labute approximate surface area is 120 Å². The lowest BCUT2D eigenvalue weighted by molar-refractivity contribution is 0.242. The van der Waals surface area contributed by atoms with Gasteiger partial charge in [0, 0.05) is 22.9 Å². The van der Waals surface area contributed by atoms with Crippen molar-refractivity contribution >= 4 is 17.4 Å². The number of hydrogen-bond acceptors (Lipinski definition) is 4. The summed E-state index contributed by atoms with van der Waals surface area (Å²) < 4.78 is 5.52. The van der Waals surface area contributed by atoms with E-state index in [4.69, 9.17) is 10.5 Å². The number of piperidine rings is 1. The van der Waals surface area contributed by atoms with Crippen LogP contribution in [0.15, 0.2) is 23.1 Å². The zero-order chi connectivity index (χ0) is 13.5. The smallest absolute Gasteiger partial charge is 0.120 e. The molecule has 0 unspecified atom stereocenters. The van der Waals surface area contributed by atoms with Crippen LogP contribution >= 0.6 is 11.8 Å². The first kappa shape index (κ1) is 14.5. The largest absolute Gasteiger partial charge is 0.494 e. The van der Waals surface area contributed by atoms with Crippen molar-refractivity contribution < 1.29 is 4.74 Å². The molecule has 1 heterocycles. The molecular formula is C15H24N2OS. The van der Waals surface area contributed by atoms with Crippen molar-refractivity contribution in [3.8, 4) is 5.75 Å². The molecule has 4 heteroatoms. The van der Waals surface area contributed by atoms with Gasteiger partial charge in [0.05, 0.1) is 6.61 Å². The van der Waals surface area contributed by atoms with Gasteiger partial charge in [-0.3, -0.25) is 0 Å². The van der Waals surface area contributed by atoms with Crippen LogP contribution in [0.2, 0.25) is 0 Å². The van der Waals surface area contributed by atoms with Crippen molar-refractivity contribution in [3.05, 3.63) is 18.2 Å². The minimum absolute atomic E-state index is 0.696. The molecule has 19 heavy (non-hydrogen) atoms. The fourth-order valence-electron chi connectivity index (χ4n) is 2.36. The van der Waals surface area contributed by atoms with E-state index in [1.165, 1.54) is 32.4 Å². The molecule has 1 aromatic rings. The summed E-state index contributed by atoms with van der Waals surface area (Å²) in [6, 6.07) is 5.93. The SMILES string of the molecule is CCOc1ccc(N)c(SCCN2CCCCC2)c1. The molecule has 0 bridgehead atoms. The van der Waals surface area contributed by atoms with Crippen LogP contribution in [0, 0.1) is 0 Å².